The fraction of sp³-hybridized carbons (Fsp3) is 0.333. The van der Waals surface area contributed by atoms with Crippen LogP contribution in [0.15, 0.2) is 78.0 Å². The van der Waals surface area contributed by atoms with Gasteiger partial charge < -0.3 is 25.1 Å². The van der Waals surface area contributed by atoms with Gasteiger partial charge in [0.15, 0.2) is 12.5 Å². The molecule has 0 bridgehead atoms. The minimum atomic E-state index is -0.579. The van der Waals surface area contributed by atoms with Gasteiger partial charge in [0.05, 0.1) is 18.8 Å². The van der Waals surface area contributed by atoms with E-state index in [4.69, 9.17) is 9.47 Å². The lowest BCUT2D eigenvalue weighted by Gasteiger charge is -2.41. The SMILES string of the molecule is CC(=O)NCc1ccc(C2OC(CSc3cccc[n+]3[O-])C(C)C(c3ccc(CO)cc3)O2)cc1. The standard InChI is InChI=1S/C27H30N2O5S/c1-18-24(17-35-25-5-3-4-14-29(25)32)33-27(23-12-6-20(7-13-23)15-28-19(2)31)34-26(18)22-10-8-21(16-30)9-11-22/h3-14,18,24,26-27,30H,15-17H2,1-2H3,(H,28,31). The van der Waals surface area contributed by atoms with E-state index in [9.17, 15) is 15.1 Å². The van der Waals surface area contributed by atoms with Crippen molar-refractivity contribution in [2.24, 2.45) is 5.92 Å². The molecule has 4 unspecified atom stereocenters. The summed E-state index contributed by atoms with van der Waals surface area (Å²) in [7, 11) is 0. The number of carbonyl (C=O) groups is 1. The maximum absolute atomic E-state index is 12.1. The van der Waals surface area contributed by atoms with Crippen molar-refractivity contribution >= 4 is 17.7 Å². The summed E-state index contributed by atoms with van der Waals surface area (Å²) < 4.78 is 13.7. The highest BCUT2D eigenvalue weighted by Gasteiger charge is 2.38. The lowest BCUT2D eigenvalue weighted by Crippen LogP contribution is -2.39. The van der Waals surface area contributed by atoms with Gasteiger partial charge in [-0.15, -0.1) is 0 Å². The first-order valence-electron chi connectivity index (χ1n) is 11.6. The molecule has 184 valence electrons. The molecule has 4 rings (SSSR count). The van der Waals surface area contributed by atoms with Gasteiger partial charge in [0, 0.05) is 42.8 Å². The van der Waals surface area contributed by atoms with E-state index in [0.29, 0.717) is 17.3 Å². The molecular weight excluding hydrogens is 464 g/mol. The van der Waals surface area contributed by atoms with Crippen LogP contribution in [0.4, 0.5) is 0 Å². The molecule has 8 heteroatoms. The van der Waals surface area contributed by atoms with E-state index in [1.54, 1.807) is 12.1 Å². The Kier molecular flexibility index (Phi) is 8.41. The topological polar surface area (TPSA) is 94.7 Å². The van der Waals surface area contributed by atoms with Crippen molar-refractivity contribution in [3.05, 3.63) is 100 Å². The molecule has 35 heavy (non-hydrogen) atoms. The molecule has 0 saturated carbocycles. The zero-order valence-corrected chi connectivity index (χ0v) is 20.6. The van der Waals surface area contributed by atoms with E-state index in [-0.39, 0.29) is 30.6 Å². The first-order chi connectivity index (χ1) is 16.9. The third-order valence-electron chi connectivity index (χ3n) is 6.10. The maximum atomic E-state index is 12.1. The average Bonchev–Trinajstić information content (AvgIpc) is 2.88. The largest absolute Gasteiger partial charge is 0.618 e. The van der Waals surface area contributed by atoms with Crippen molar-refractivity contribution in [1.82, 2.24) is 5.32 Å². The lowest BCUT2D eigenvalue weighted by atomic mass is 9.91. The maximum Gasteiger partial charge on any atom is 0.251 e. The van der Waals surface area contributed by atoms with Crippen molar-refractivity contribution in [3.8, 4) is 0 Å². The molecule has 1 aliphatic rings. The Balaban J connectivity index is 1.55. The number of ether oxygens (including phenoxy) is 2. The van der Waals surface area contributed by atoms with E-state index < -0.39 is 6.29 Å². The van der Waals surface area contributed by atoms with Gasteiger partial charge in [0.2, 0.25) is 5.91 Å². The van der Waals surface area contributed by atoms with Crippen LogP contribution in [0.5, 0.6) is 0 Å². The van der Waals surface area contributed by atoms with Crippen LogP contribution in [0.2, 0.25) is 0 Å². The molecule has 0 aliphatic carbocycles. The second-order valence-electron chi connectivity index (χ2n) is 8.65. The molecular formula is C27H30N2O5S. The number of aromatic nitrogens is 1. The fourth-order valence-corrected chi connectivity index (χ4v) is 5.10. The Labute approximate surface area is 209 Å². The monoisotopic (exact) mass is 494 g/mol. The van der Waals surface area contributed by atoms with Gasteiger partial charge in [-0.05, 0) is 22.8 Å². The molecule has 2 N–H and O–H groups in total. The number of thioether (sulfide) groups is 1. The molecule has 1 aromatic heterocycles. The summed E-state index contributed by atoms with van der Waals surface area (Å²) in [6.07, 6.45) is 0.527. The first kappa shape index (κ1) is 25.2. The first-order valence-corrected chi connectivity index (χ1v) is 12.6. The van der Waals surface area contributed by atoms with Gasteiger partial charge in [-0.2, -0.15) is 4.73 Å². The number of hydrogen-bond acceptors (Lipinski definition) is 6. The molecule has 1 saturated heterocycles. The Hall–Kier alpha value is -2.91. The zero-order valence-electron chi connectivity index (χ0n) is 19.8. The molecule has 2 aromatic carbocycles. The zero-order chi connectivity index (χ0) is 24.8. The minimum absolute atomic E-state index is 0.0105. The van der Waals surface area contributed by atoms with Crippen molar-refractivity contribution in [3.63, 3.8) is 0 Å². The summed E-state index contributed by atoms with van der Waals surface area (Å²) in [6.45, 7) is 4.04. The van der Waals surface area contributed by atoms with Gasteiger partial charge in [-0.25, -0.2) is 0 Å². The molecule has 2 heterocycles. The molecule has 1 amide bonds. The average molecular weight is 495 g/mol. The number of nitrogens with zero attached hydrogens (tertiary/aromatic N) is 1. The second-order valence-corrected chi connectivity index (χ2v) is 9.69. The number of pyridine rings is 1. The van der Waals surface area contributed by atoms with Crippen LogP contribution >= 0.6 is 11.8 Å². The van der Waals surface area contributed by atoms with Crippen molar-refractivity contribution in [2.75, 3.05) is 5.75 Å². The van der Waals surface area contributed by atoms with Gasteiger partial charge in [0.25, 0.3) is 5.03 Å². The van der Waals surface area contributed by atoms with Crippen LogP contribution in [-0.2, 0) is 27.4 Å². The van der Waals surface area contributed by atoms with Crippen molar-refractivity contribution < 1.29 is 24.1 Å². The quantitative estimate of drug-likeness (QED) is 0.279. The highest BCUT2D eigenvalue weighted by molar-refractivity contribution is 7.99. The number of aliphatic hydroxyl groups excluding tert-OH is 1. The summed E-state index contributed by atoms with van der Waals surface area (Å²) in [5.74, 6) is 0.552. The van der Waals surface area contributed by atoms with Gasteiger partial charge in [0.1, 0.15) is 0 Å². The summed E-state index contributed by atoms with van der Waals surface area (Å²) in [6, 6.07) is 21.0. The molecule has 0 spiro atoms. The number of hydrogen-bond donors (Lipinski definition) is 2. The fourth-order valence-electron chi connectivity index (χ4n) is 4.02. The molecule has 1 aliphatic heterocycles. The Bertz CT molecular complexity index is 1120. The normalized spacial score (nSPS) is 22.0. The van der Waals surface area contributed by atoms with Gasteiger partial charge >= 0.3 is 0 Å². The molecule has 1 fully saturated rings. The van der Waals surface area contributed by atoms with Crippen LogP contribution < -0.4 is 10.0 Å². The highest BCUT2D eigenvalue weighted by Crippen LogP contribution is 2.42. The molecule has 3 aromatic rings. The Morgan fingerprint density at radius 3 is 2.37 bits per heavy atom. The van der Waals surface area contributed by atoms with Crippen LogP contribution in [0.3, 0.4) is 0 Å². The third kappa shape index (κ3) is 6.41. The summed E-state index contributed by atoms with van der Waals surface area (Å²) >= 11 is 1.47. The lowest BCUT2D eigenvalue weighted by molar-refractivity contribution is -0.645. The molecule has 4 atom stereocenters. The van der Waals surface area contributed by atoms with E-state index in [1.165, 1.54) is 24.9 Å². The molecule has 7 nitrogen and oxygen atoms in total. The van der Waals surface area contributed by atoms with Crippen LogP contribution in [0.25, 0.3) is 0 Å². The number of nitrogens with one attached hydrogen (secondary N) is 1. The number of carbonyl (C=O) groups excluding carboxylic acids is 1. The van der Waals surface area contributed by atoms with Crippen molar-refractivity contribution in [2.45, 2.75) is 50.5 Å². The van der Waals surface area contributed by atoms with Gasteiger partial charge in [-0.3, -0.25) is 4.79 Å². The van der Waals surface area contributed by atoms with Crippen LogP contribution in [0.1, 0.15) is 48.5 Å². The Morgan fingerprint density at radius 1 is 1.03 bits per heavy atom. The summed E-state index contributed by atoms with van der Waals surface area (Å²) in [4.78, 5) is 11.2. The predicted octanol–water partition coefficient (Wildman–Crippen LogP) is 4.03. The van der Waals surface area contributed by atoms with Gasteiger partial charge in [-0.1, -0.05) is 67.2 Å². The highest BCUT2D eigenvalue weighted by atomic mass is 32.2. The summed E-state index contributed by atoms with van der Waals surface area (Å²) in [5.41, 5.74) is 3.73. The van der Waals surface area contributed by atoms with E-state index >= 15 is 0 Å². The number of benzene rings is 2. The van der Waals surface area contributed by atoms with E-state index in [2.05, 4.69) is 12.2 Å². The number of rotatable bonds is 8. The number of amides is 1. The van der Waals surface area contributed by atoms with Crippen LogP contribution in [0, 0.1) is 11.1 Å². The smallest absolute Gasteiger partial charge is 0.251 e. The minimum Gasteiger partial charge on any atom is -0.618 e. The van der Waals surface area contributed by atoms with E-state index in [0.717, 1.165) is 27.0 Å². The van der Waals surface area contributed by atoms with E-state index in [1.807, 2.05) is 54.6 Å². The van der Waals surface area contributed by atoms with Crippen LogP contribution in [-0.4, -0.2) is 22.9 Å². The Morgan fingerprint density at radius 2 is 1.71 bits per heavy atom. The second kappa shape index (κ2) is 11.7. The summed E-state index contributed by atoms with van der Waals surface area (Å²) in [5, 5.41) is 24.9. The predicted molar refractivity (Wildman–Crippen MR) is 133 cm³/mol. The van der Waals surface area contributed by atoms with Crippen molar-refractivity contribution in [1.29, 1.82) is 0 Å². The third-order valence-corrected chi connectivity index (χ3v) is 7.21. The number of aliphatic hydroxyl groups is 1. The molecule has 0 radical (unpaired) electrons.